The van der Waals surface area contributed by atoms with E-state index in [0.717, 1.165) is 0 Å². The van der Waals surface area contributed by atoms with Crippen LogP contribution in [0.5, 0.6) is 0 Å². The highest BCUT2D eigenvalue weighted by atomic mass is 16.1. The molecule has 0 atom stereocenters. The van der Waals surface area contributed by atoms with Crippen molar-refractivity contribution in [1.82, 2.24) is 4.57 Å². The van der Waals surface area contributed by atoms with E-state index in [1.807, 2.05) is 42.6 Å². The second kappa shape index (κ2) is 3.96. The topological polar surface area (TPSA) is 22.0 Å². The van der Waals surface area contributed by atoms with Crippen LogP contribution >= 0.6 is 0 Å². The third-order valence-electron chi connectivity index (χ3n) is 2.24. The van der Waals surface area contributed by atoms with Gasteiger partial charge < -0.3 is 4.57 Å². The summed E-state index contributed by atoms with van der Waals surface area (Å²) >= 11 is 0. The fraction of sp³-hybridized carbons (Fsp3) is 0. The highest BCUT2D eigenvalue weighted by Gasteiger charge is 2.10. The van der Waals surface area contributed by atoms with Crippen LogP contribution in [0.3, 0.4) is 0 Å². The second-order valence-electron chi connectivity index (χ2n) is 3.18. The Balaban J connectivity index is 2.41. The molecule has 0 aliphatic heterocycles. The maximum atomic E-state index is 12.0. The Bertz CT molecular complexity index is 482. The average molecular weight is 197 g/mol. The van der Waals surface area contributed by atoms with Crippen LogP contribution in [0.1, 0.15) is 16.1 Å². The van der Waals surface area contributed by atoms with Gasteiger partial charge in [-0.05, 0) is 12.1 Å². The van der Waals surface area contributed by atoms with Gasteiger partial charge >= 0.3 is 0 Å². The van der Waals surface area contributed by atoms with E-state index in [0.29, 0.717) is 11.3 Å². The first kappa shape index (κ1) is 9.46. The molecule has 2 rings (SSSR count). The number of nitrogens with zero attached hydrogens (tertiary/aromatic N) is 1. The molecular formula is C13H11NO. The quantitative estimate of drug-likeness (QED) is 0.693. The van der Waals surface area contributed by atoms with Crippen LogP contribution in [0.2, 0.25) is 0 Å². The van der Waals surface area contributed by atoms with Crippen LogP contribution in [0, 0.1) is 0 Å². The molecule has 1 aromatic carbocycles. The average Bonchev–Trinajstić information content (AvgIpc) is 2.77. The number of aromatic nitrogens is 1. The summed E-state index contributed by atoms with van der Waals surface area (Å²) in [6, 6.07) is 12.8. The SMILES string of the molecule is C=Cn1cccc1C(=O)c1ccccc1. The molecule has 0 amide bonds. The van der Waals surface area contributed by atoms with Gasteiger partial charge in [0.25, 0.3) is 0 Å². The first-order valence-electron chi connectivity index (χ1n) is 4.72. The molecule has 0 aliphatic rings. The molecule has 74 valence electrons. The summed E-state index contributed by atoms with van der Waals surface area (Å²) in [5.41, 5.74) is 1.33. The summed E-state index contributed by atoms with van der Waals surface area (Å²) in [6.45, 7) is 3.65. The number of hydrogen-bond acceptors (Lipinski definition) is 1. The molecule has 0 radical (unpaired) electrons. The molecular weight excluding hydrogens is 186 g/mol. The first-order chi connectivity index (χ1) is 7.33. The van der Waals surface area contributed by atoms with Crippen molar-refractivity contribution in [3.05, 3.63) is 66.5 Å². The van der Waals surface area contributed by atoms with E-state index in [4.69, 9.17) is 0 Å². The summed E-state index contributed by atoms with van der Waals surface area (Å²) in [7, 11) is 0. The van der Waals surface area contributed by atoms with E-state index in [1.54, 1.807) is 16.8 Å². The van der Waals surface area contributed by atoms with Gasteiger partial charge in [-0.25, -0.2) is 0 Å². The van der Waals surface area contributed by atoms with Gasteiger partial charge in [-0.2, -0.15) is 0 Å². The normalized spacial score (nSPS) is 9.87. The van der Waals surface area contributed by atoms with Crippen molar-refractivity contribution in [1.29, 1.82) is 0 Å². The smallest absolute Gasteiger partial charge is 0.209 e. The summed E-state index contributed by atoms with van der Waals surface area (Å²) in [5, 5.41) is 0. The fourth-order valence-electron chi connectivity index (χ4n) is 1.48. The van der Waals surface area contributed by atoms with Crippen LogP contribution in [0.25, 0.3) is 6.20 Å². The molecule has 0 bridgehead atoms. The lowest BCUT2D eigenvalue weighted by Gasteiger charge is -2.02. The van der Waals surface area contributed by atoms with Crippen LogP contribution in [0.4, 0.5) is 0 Å². The maximum Gasteiger partial charge on any atom is 0.209 e. The van der Waals surface area contributed by atoms with Crippen molar-refractivity contribution in [2.24, 2.45) is 0 Å². The fourth-order valence-corrected chi connectivity index (χ4v) is 1.48. The molecule has 0 saturated carbocycles. The summed E-state index contributed by atoms with van der Waals surface area (Å²) < 4.78 is 1.72. The standard InChI is InChI=1S/C13H11NO/c1-2-14-10-6-9-12(14)13(15)11-7-4-3-5-8-11/h2-10H,1H2. The number of carbonyl (C=O) groups excluding carboxylic acids is 1. The number of rotatable bonds is 3. The minimum atomic E-state index is 0.0144. The number of carbonyl (C=O) groups is 1. The van der Waals surface area contributed by atoms with Crippen molar-refractivity contribution in [2.45, 2.75) is 0 Å². The van der Waals surface area contributed by atoms with Crippen LogP contribution in [-0.2, 0) is 0 Å². The molecule has 2 aromatic rings. The third kappa shape index (κ3) is 1.74. The molecule has 1 aromatic heterocycles. The van der Waals surface area contributed by atoms with Gasteiger partial charge in [0.2, 0.25) is 5.78 Å². The lowest BCUT2D eigenvalue weighted by molar-refractivity contribution is 0.103. The molecule has 0 spiro atoms. The minimum Gasteiger partial charge on any atom is -0.321 e. The summed E-state index contributed by atoms with van der Waals surface area (Å²) in [5.74, 6) is 0.0144. The lowest BCUT2D eigenvalue weighted by Crippen LogP contribution is -2.05. The Labute approximate surface area is 88.5 Å². The summed E-state index contributed by atoms with van der Waals surface area (Å²) in [6.07, 6.45) is 3.43. The molecule has 2 heteroatoms. The summed E-state index contributed by atoms with van der Waals surface area (Å²) in [4.78, 5) is 12.0. The molecule has 2 nitrogen and oxygen atoms in total. The van der Waals surface area contributed by atoms with Crippen molar-refractivity contribution < 1.29 is 4.79 Å². The molecule has 0 aliphatic carbocycles. The van der Waals surface area contributed by atoms with E-state index in [-0.39, 0.29) is 5.78 Å². The van der Waals surface area contributed by atoms with E-state index in [9.17, 15) is 4.79 Å². The number of benzene rings is 1. The van der Waals surface area contributed by atoms with Gasteiger partial charge in [-0.3, -0.25) is 4.79 Å². The van der Waals surface area contributed by atoms with Crippen LogP contribution < -0.4 is 0 Å². The molecule has 0 unspecified atom stereocenters. The third-order valence-corrected chi connectivity index (χ3v) is 2.24. The maximum absolute atomic E-state index is 12.0. The molecule has 1 heterocycles. The van der Waals surface area contributed by atoms with Crippen LogP contribution in [0.15, 0.2) is 55.2 Å². The predicted molar refractivity (Wildman–Crippen MR) is 60.7 cm³/mol. The Hall–Kier alpha value is -2.09. The van der Waals surface area contributed by atoms with Crippen molar-refractivity contribution >= 4 is 12.0 Å². The highest BCUT2D eigenvalue weighted by Crippen LogP contribution is 2.10. The van der Waals surface area contributed by atoms with E-state index >= 15 is 0 Å². The van der Waals surface area contributed by atoms with E-state index in [1.165, 1.54) is 0 Å². The lowest BCUT2D eigenvalue weighted by atomic mass is 10.1. The molecule has 15 heavy (non-hydrogen) atoms. The van der Waals surface area contributed by atoms with Crippen LogP contribution in [-0.4, -0.2) is 10.4 Å². The Morgan fingerprint density at radius 1 is 1.13 bits per heavy atom. The zero-order valence-electron chi connectivity index (χ0n) is 8.26. The van der Waals surface area contributed by atoms with Crippen molar-refractivity contribution in [2.75, 3.05) is 0 Å². The first-order valence-corrected chi connectivity index (χ1v) is 4.72. The Kier molecular flexibility index (Phi) is 2.50. The zero-order chi connectivity index (χ0) is 10.7. The van der Waals surface area contributed by atoms with Gasteiger partial charge in [0.05, 0.1) is 5.69 Å². The van der Waals surface area contributed by atoms with Gasteiger partial charge in [0.15, 0.2) is 0 Å². The largest absolute Gasteiger partial charge is 0.321 e. The Morgan fingerprint density at radius 2 is 1.87 bits per heavy atom. The monoisotopic (exact) mass is 197 g/mol. The number of hydrogen-bond donors (Lipinski definition) is 0. The predicted octanol–water partition coefficient (Wildman–Crippen LogP) is 2.82. The van der Waals surface area contributed by atoms with Gasteiger partial charge in [-0.1, -0.05) is 36.9 Å². The van der Waals surface area contributed by atoms with Gasteiger partial charge in [-0.15, -0.1) is 0 Å². The number of ketones is 1. The van der Waals surface area contributed by atoms with Crippen molar-refractivity contribution in [3.8, 4) is 0 Å². The molecule has 0 N–H and O–H groups in total. The van der Waals surface area contributed by atoms with E-state index in [2.05, 4.69) is 6.58 Å². The zero-order valence-corrected chi connectivity index (χ0v) is 8.26. The van der Waals surface area contributed by atoms with Gasteiger partial charge in [0, 0.05) is 18.0 Å². The second-order valence-corrected chi connectivity index (χ2v) is 3.18. The molecule has 0 saturated heterocycles. The van der Waals surface area contributed by atoms with Gasteiger partial charge in [0.1, 0.15) is 0 Å². The molecule has 0 fully saturated rings. The Morgan fingerprint density at radius 3 is 2.53 bits per heavy atom. The van der Waals surface area contributed by atoms with Crippen molar-refractivity contribution in [3.63, 3.8) is 0 Å². The van der Waals surface area contributed by atoms with E-state index < -0.39 is 0 Å². The highest BCUT2D eigenvalue weighted by molar-refractivity contribution is 6.08. The minimum absolute atomic E-state index is 0.0144.